The first-order valence-electron chi connectivity index (χ1n) is 10.00. The second-order valence-corrected chi connectivity index (χ2v) is 7.40. The Morgan fingerprint density at radius 2 is 1.16 bits per heavy atom. The van der Waals surface area contributed by atoms with Gasteiger partial charge in [-0.05, 0) is 53.1 Å². The van der Waals surface area contributed by atoms with Gasteiger partial charge in [0.2, 0.25) is 0 Å². The Morgan fingerprint density at radius 3 is 1.68 bits per heavy atom. The number of benzene rings is 4. The lowest BCUT2D eigenvalue weighted by Gasteiger charge is -2.45. The molecule has 0 unspecified atom stereocenters. The van der Waals surface area contributed by atoms with Gasteiger partial charge in [0.25, 0.3) is 0 Å². The minimum absolute atomic E-state index is 0.161. The highest BCUT2D eigenvalue weighted by Crippen LogP contribution is 2.45. The van der Waals surface area contributed by atoms with Gasteiger partial charge in [-0.15, -0.1) is 0 Å². The van der Waals surface area contributed by atoms with E-state index >= 15 is 0 Å². The number of nitrogens with zero attached hydrogens (tertiary/aromatic N) is 1. The van der Waals surface area contributed by atoms with E-state index in [2.05, 4.69) is 4.90 Å². The predicted molar refractivity (Wildman–Crippen MR) is 123 cm³/mol. The average Bonchev–Trinajstić information content (AvgIpc) is 2.82. The summed E-state index contributed by atoms with van der Waals surface area (Å²) in [6, 6.07) is 31.5. The van der Waals surface area contributed by atoms with Gasteiger partial charge in [0, 0.05) is 18.3 Å². The summed E-state index contributed by atoms with van der Waals surface area (Å²) in [7, 11) is 1.98. The van der Waals surface area contributed by atoms with E-state index in [4.69, 9.17) is 0 Å². The molecule has 0 bridgehead atoms. The zero-order valence-electron chi connectivity index (χ0n) is 17.1. The van der Waals surface area contributed by atoms with E-state index in [1.807, 2.05) is 79.8 Å². The van der Waals surface area contributed by atoms with Crippen molar-refractivity contribution in [2.45, 2.75) is 5.54 Å². The number of hydrogen-bond donors (Lipinski definition) is 2. The molecular formula is C27H23NO3. The van der Waals surface area contributed by atoms with Crippen LogP contribution in [0.2, 0.25) is 0 Å². The first kappa shape index (κ1) is 20.2. The molecule has 0 atom stereocenters. The number of hydrogen-bond acceptors (Lipinski definition) is 4. The van der Waals surface area contributed by atoms with E-state index in [1.54, 1.807) is 30.3 Å². The van der Waals surface area contributed by atoms with Gasteiger partial charge in [-0.1, -0.05) is 66.7 Å². The molecule has 0 spiro atoms. The van der Waals surface area contributed by atoms with E-state index in [9.17, 15) is 15.0 Å². The number of anilines is 1. The number of para-hydroxylation sites is 1. The molecule has 0 heterocycles. The highest BCUT2D eigenvalue weighted by molar-refractivity contribution is 5.80. The number of aromatic hydroxyl groups is 2. The minimum Gasteiger partial charge on any atom is -0.508 e. The molecule has 2 N–H and O–H groups in total. The standard InChI is InChI=1S/C27H23NO3/c1-28(23-8-3-2-4-9-23)27(21-11-15-24(30)16-12-21,22-13-17-25(31)18-14-22)26-10-6-5-7-20(26)19-29/h2-19,30-31H,1H3. The second-order valence-electron chi connectivity index (χ2n) is 7.40. The molecule has 0 amide bonds. The van der Waals surface area contributed by atoms with Crippen molar-refractivity contribution < 1.29 is 15.0 Å². The molecule has 0 aliphatic carbocycles. The molecule has 4 aromatic rings. The van der Waals surface area contributed by atoms with Crippen LogP contribution >= 0.6 is 0 Å². The molecule has 31 heavy (non-hydrogen) atoms. The molecule has 0 aliphatic rings. The average molecular weight is 409 g/mol. The Balaban J connectivity index is 2.14. The lowest BCUT2D eigenvalue weighted by molar-refractivity contribution is 0.112. The van der Waals surface area contributed by atoms with Crippen molar-refractivity contribution in [3.63, 3.8) is 0 Å². The van der Waals surface area contributed by atoms with Crippen LogP contribution in [0.4, 0.5) is 5.69 Å². The summed E-state index contributed by atoms with van der Waals surface area (Å²) < 4.78 is 0. The molecule has 0 radical (unpaired) electrons. The molecule has 4 rings (SSSR count). The van der Waals surface area contributed by atoms with Crippen LogP contribution in [0.5, 0.6) is 11.5 Å². The van der Waals surface area contributed by atoms with Crippen LogP contribution in [0.1, 0.15) is 27.0 Å². The van der Waals surface area contributed by atoms with Crippen LogP contribution in [0.3, 0.4) is 0 Å². The van der Waals surface area contributed by atoms with Crippen LogP contribution in [-0.2, 0) is 5.54 Å². The number of carbonyl (C=O) groups is 1. The summed E-state index contributed by atoms with van der Waals surface area (Å²) in [5, 5.41) is 19.9. The SMILES string of the molecule is CN(c1ccccc1)C(c1ccc(O)cc1)(c1ccc(O)cc1)c1ccccc1C=O. The highest BCUT2D eigenvalue weighted by Gasteiger charge is 2.42. The van der Waals surface area contributed by atoms with Crippen molar-refractivity contribution in [3.05, 3.63) is 125 Å². The molecule has 0 aromatic heterocycles. The van der Waals surface area contributed by atoms with Gasteiger partial charge in [-0.2, -0.15) is 0 Å². The lowest BCUT2D eigenvalue weighted by Crippen LogP contribution is -2.47. The van der Waals surface area contributed by atoms with Crippen molar-refractivity contribution in [1.82, 2.24) is 0 Å². The minimum atomic E-state index is -0.903. The fourth-order valence-electron chi connectivity index (χ4n) is 4.23. The molecule has 4 aromatic carbocycles. The molecule has 4 nitrogen and oxygen atoms in total. The molecule has 154 valence electrons. The molecule has 0 fully saturated rings. The van der Waals surface area contributed by atoms with Crippen molar-refractivity contribution in [2.24, 2.45) is 0 Å². The van der Waals surface area contributed by atoms with Gasteiger partial charge >= 0.3 is 0 Å². The molecule has 0 saturated carbocycles. The Morgan fingerprint density at radius 1 is 0.677 bits per heavy atom. The van der Waals surface area contributed by atoms with Crippen LogP contribution in [0.25, 0.3) is 0 Å². The molecule has 0 aliphatic heterocycles. The Hall–Kier alpha value is -4.05. The molecular weight excluding hydrogens is 386 g/mol. The fourth-order valence-corrected chi connectivity index (χ4v) is 4.23. The maximum Gasteiger partial charge on any atom is 0.150 e. The quantitative estimate of drug-likeness (QED) is 0.333. The topological polar surface area (TPSA) is 60.8 Å². The smallest absolute Gasteiger partial charge is 0.150 e. The first-order valence-corrected chi connectivity index (χ1v) is 10.00. The Labute approximate surface area is 181 Å². The monoisotopic (exact) mass is 409 g/mol. The van der Waals surface area contributed by atoms with Gasteiger partial charge in [-0.25, -0.2) is 0 Å². The molecule has 4 heteroatoms. The van der Waals surface area contributed by atoms with E-state index in [1.165, 1.54) is 0 Å². The number of phenols is 2. The maximum absolute atomic E-state index is 12.1. The van der Waals surface area contributed by atoms with Crippen molar-refractivity contribution in [2.75, 3.05) is 11.9 Å². The predicted octanol–water partition coefficient (Wildman–Crippen LogP) is 5.34. The summed E-state index contributed by atoms with van der Waals surface area (Å²) >= 11 is 0. The zero-order valence-corrected chi connectivity index (χ0v) is 17.1. The van der Waals surface area contributed by atoms with E-state index < -0.39 is 5.54 Å². The van der Waals surface area contributed by atoms with Crippen LogP contribution in [0, 0.1) is 0 Å². The van der Waals surface area contributed by atoms with Gasteiger partial charge in [0.1, 0.15) is 23.3 Å². The Kier molecular flexibility index (Phi) is 5.46. The van der Waals surface area contributed by atoms with Crippen molar-refractivity contribution >= 4 is 12.0 Å². The second kappa shape index (κ2) is 8.36. The summed E-state index contributed by atoms with van der Waals surface area (Å²) in [5.74, 6) is 0.323. The number of phenolic OH excluding ortho intramolecular Hbond substituents is 2. The molecule has 0 saturated heterocycles. The highest BCUT2D eigenvalue weighted by atomic mass is 16.3. The first-order chi connectivity index (χ1) is 15.1. The largest absolute Gasteiger partial charge is 0.508 e. The third-order valence-electron chi connectivity index (χ3n) is 5.69. The van der Waals surface area contributed by atoms with Gasteiger partial charge in [0.15, 0.2) is 0 Å². The van der Waals surface area contributed by atoms with E-state index in [0.29, 0.717) is 5.56 Å². The summed E-state index contributed by atoms with van der Waals surface area (Å²) in [6.45, 7) is 0. The number of aldehydes is 1. The fraction of sp³-hybridized carbons (Fsp3) is 0.0741. The summed E-state index contributed by atoms with van der Waals surface area (Å²) in [5.41, 5.74) is 3.15. The van der Waals surface area contributed by atoms with Gasteiger partial charge in [0.05, 0.1) is 0 Å². The van der Waals surface area contributed by atoms with Crippen LogP contribution in [0.15, 0.2) is 103 Å². The third kappa shape index (κ3) is 3.53. The van der Waals surface area contributed by atoms with E-state index in [0.717, 1.165) is 28.7 Å². The van der Waals surface area contributed by atoms with Crippen molar-refractivity contribution in [3.8, 4) is 11.5 Å². The third-order valence-corrected chi connectivity index (χ3v) is 5.69. The van der Waals surface area contributed by atoms with Crippen molar-refractivity contribution in [1.29, 1.82) is 0 Å². The normalized spacial score (nSPS) is 11.1. The lowest BCUT2D eigenvalue weighted by atomic mass is 9.74. The Bertz CT molecular complexity index is 1120. The number of rotatable bonds is 6. The summed E-state index contributed by atoms with van der Waals surface area (Å²) in [6.07, 6.45) is 0.865. The van der Waals surface area contributed by atoms with Gasteiger partial charge in [-0.3, -0.25) is 4.79 Å². The van der Waals surface area contributed by atoms with Gasteiger partial charge < -0.3 is 15.1 Å². The maximum atomic E-state index is 12.1. The van der Waals surface area contributed by atoms with Crippen LogP contribution < -0.4 is 4.90 Å². The van der Waals surface area contributed by atoms with E-state index in [-0.39, 0.29) is 11.5 Å². The number of carbonyl (C=O) groups excluding carboxylic acids is 1. The zero-order chi connectivity index (χ0) is 21.8. The van der Waals surface area contributed by atoms with Crippen LogP contribution in [-0.4, -0.2) is 23.5 Å². The summed E-state index contributed by atoms with van der Waals surface area (Å²) in [4.78, 5) is 14.2.